The zero-order valence-corrected chi connectivity index (χ0v) is 14.1. The number of alkyl halides is 3. The highest BCUT2D eigenvalue weighted by molar-refractivity contribution is 6.31. The van der Waals surface area contributed by atoms with Crippen LogP contribution in [0.5, 0.6) is 0 Å². The molecule has 26 heavy (non-hydrogen) atoms. The van der Waals surface area contributed by atoms with Gasteiger partial charge in [0.1, 0.15) is 0 Å². The van der Waals surface area contributed by atoms with Crippen LogP contribution in [-0.2, 0) is 12.6 Å². The molecule has 0 bridgehead atoms. The van der Waals surface area contributed by atoms with Crippen molar-refractivity contribution in [2.75, 3.05) is 16.8 Å². The Morgan fingerprint density at radius 2 is 2.04 bits per heavy atom. The molecular formula is C17H15ClF3N3O2. The Labute approximate surface area is 152 Å². The van der Waals surface area contributed by atoms with E-state index in [0.29, 0.717) is 23.5 Å². The van der Waals surface area contributed by atoms with Gasteiger partial charge in [0.05, 0.1) is 28.1 Å². The molecule has 2 aromatic rings. The largest absolute Gasteiger partial charge is 0.417 e. The molecule has 0 spiro atoms. The van der Waals surface area contributed by atoms with E-state index in [1.54, 1.807) is 18.2 Å². The van der Waals surface area contributed by atoms with E-state index in [2.05, 4.69) is 5.32 Å². The summed E-state index contributed by atoms with van der Waals surface area (Å²) in [4.78, 5) is 13.0. The number of urea groups is 1. The maximum Gasteiger partial charge on any atom is 0.417 e. The quantitative estimate of drug-likeness (QED) is 0.733. The Balaban J connectivity index is 2.15. The van der Waals surface area contributed by atoms with E-state index in [9.17, 15) is 23.1 Å². The molecule has 1 aliphatic rings. The molecule has 2 amide bonds. The van der Waals surface area contributed by atoms with Gasteiger partial charge in [-0.3, -0.25) is 4.90 Å². The first-order valence-electron chi connectivity index (χ1n) is 7.68. The van der Waals surface area contributed by atoms with E-state index in [4.69, 9.17) is 17.3 Å². The van der Waals surface area contributed by atoms with Gasteiger partial charge in [0.25, 0.3) is 0 Å². The lowest BCUT2D eigenvalue weighted by atomic mass is 9.98. The highest BCUT2D eigenvalue weighted by Gasteiger charge is 2.34. The summed E-state index contributed by atoms with van der Waals surface area (Å²) in [6, 6.07) is 7.15. The van der Waals surface area contributed by atoms with E-state index in [1.165, 1.54) is 6.07 Å². The normalized spacial score (nSPS) is 16.6. The number of aliphatic hydroxyl groups excluding tert-OH is 1. The number of carbonyl (C=O) groups excluding carboxylic acids is 1. The van der Waals surface area contributed by atoms with Gasteiger partial charge < -0.3 is 16.2 Å². The number of amides is 2. The van der Waals surface area contributed by atoms with Gasteiger partial charge in [0.15, 0.2) is 0 Å². The number of β-amino-alcohol motifs (C(OH)–C–C–N with tert-alkyl or cyclic N) is 1. The van der Waals surface area contributed by atoms with Crippen LogP contribution >= 0.6 is 11.6 Å². The number of primary amides is 1. The van der Waals surface area contributed by atoms with Crippen LogP contribution in [0.25, 0.3) is 0 Å². The first-order chi connectivity index (χ1) is 12.2. The number of nitrogens with one attached hydrogen (secondary N) is 1. The molecule has 1 atom stereocenters. The van der Waals surface area contributed by atoms with E-state index >= 15 is 0 Å². The van der Waals surface area contributed by atoms with Crippen molar-refractivity contribution in [3.63, 3.8) is 0 Å². The molecule has 0 aromatic heterocycles. The fraction of sp³-hybridized carbons (Fsp3) is 0.235. The molecule has 2 aromatic carbocycles. The molecule has 1 aliphatic heterocycles. The topological polar surface area (TPSA) is 78.6 Å². The predicted octanol–water partition coefficient (Wildman–Crippen LogP) is 3.90. The summed E-state index contributed by atoms with van der Waals surface area (Å²) in [5, 5.41) is 12.4. The fourth-order valence-electron chi connectivity index (χ4n) is 2.95. The number of hydrogen-bond acceptors (Lipinski definition) is 3. The third-order valence-electron chi connectivity index (χ3n) is 4.09. The van der Waals surface area contributed by atoms with Crippen molar-refractivity contribution in [3.8, 4) is 0 Å². The fourth-order valence-corrected chi connectivity index (χ4v) is 3.18. The van der Waals surface area contributed by atoms with Crippen LogP contribution in [0.15, 0.2) is 36.4 Å². The number of anilines is 3. The molecular weight excluding hydrogens is 371 g/mol. The zero-order chi connectivity index (χ0) is 19.1. The molecule has 3 rings (SSSR count). The minimum Gasteiger partial charge on any atom is -0.391 e. The molecule has 0 radical (unpaired) electrons. The number of halogens is 4. The number of carbonyl (C=O) groups is 1. The molecule has 0 saturated heterocycles. The van der Waals surface area contributed by atoms with Crippen LogP contribution < -0.4 is 16.0 Å². The number of hydrogen-bond donors (Lipinski definition) is 3. The highest BCUT2D eigenvalue weighted by Crippen LogP contribution is 2.40. The van der Waals surface area contributed by atoms with Gasteiger partial charge >= 0.3 is 12.2 Å². The minimum atomic E-state index is -4.68. The summed E-state index contributed by atoms with van der Waals surface area (Å²) in [7, 11) is 0. The van der Waals surface area contributed by atoms with Gasteiger partial charge in [-0.05, 0) is 30.3 Å². The van der Waals surface area contributed by atoms with Crippen LogP contribution in [0.3, 0.4) is 0 Å². The Bertz CT molecular complexity index is 858. The van der Waals surface area contributed by atoms with Crippen molar-refractivity contribution < 1.29 is 23.1 Å². The van der Waals surface area contributed by atoms with Crippen molar-refractivity contribution in [1.29, 1.82) is 0 Å². The number of aliphatic hydroxyl groups is 1. The molecule has 1 unspecified atom stereocenters. The average molecular weight is 386 g/mol. The lowest BCUT2D eigenvalue weighted by Crippen LogP contribution is -2.35. The second-order valence-electron chi connectivity index (χ2n) is 5.88. The van der Waals surface area contributed by atoms with E-state index in [0.717, 1.165) is 17.0 Å². The Hall–Kier alpha value is -2.45. The second kappa shape index (κ2) is 6.69. The number of nitrogens with two attached hydrogens (primary N) is 1. The van der Waals surface area contributed by atoms with Gasteiger partial charge in [-0.25, -0.2) is 4.79 Å². The van der Waals surface area contributed by atoms with Crippen molar-refractivity contribution in [2.45, 2.75) is 18.7 Å². The number of nitrogens with zero attached hydrogens (tertiary/aromatic N) is 1. The zero-order valence-electron chi connectivity index (χ0n) is 13.3. The van der Waals surface area contributed by atoms with Gasteiger partial charge in [-0.1, -0.05) is 17.7 Å². The molecule has 0 saturated carbocycles. The van der Waals surface area contributed by atoms with Crippen LogP contribution in [0.1, 0.15) is 11.1 Å². The van der Waals surface area contributed by atoms with Crippen molar-refractivity contribution in [2.24, 2.45) is 5.73 Å². The van der Waals surface area contributed by atoms with Crippen molar-refractivity contribution >= 4 is 34.7 Å². The third kappa shape index (κ3) is 3.42. The molecule has 1 heterocycles. The lowest BCUT2D eigenvalue weighted by molar-refractivity contribution is -0.137. The van der Waals surface area contributed by atoms with Gasteiger partial charge in [-0.15, -0.1) is 0 Å². The van der Waals surface area contributed by atoms with Crippen molar-refractivity contribution in [1.82, 2.24) is 0 Å². The summed E-state index contributed by atoms with van der Waals surface area (Å²) in [6.07, 6.45) is -5.12. The smallest absolute Gasteiger partial charge is 0.391 e. The summed E-state index contributed by atoms with van der Waals surface area (Å²) < 4.78 is 39.5. The first kappa shape index (κ1) is 18.3. The number of benzene rings is 2. The van der Waals surface area contributed by atoms with Crippen LogP contribution in [-0.4, -0.2) is 23.8 Å². The Morgan fingerprint density at radius 3 is 2.69 bits per heavy atom. The molecule has 4 N–H and O–H groups in total. The first-order valence-corrected chi connectivity index (χ1v) is 8.06. The summed E-state index contributed by atoms with van der Waals surface area (Å²) in [6.45, 7) is 0.339. The third-order valence-corrected chi connectivity index (χ3v) is 4.42. The van der Waals surface area contributed by atoms with Crippen molar-refractivity contribution in [3.05, 3.63) is 52.5 Å². The maximum absolute atomic E-state index is 13.2. The van der Waals surface area contributed by atoms with E-state index < -0.39 is 28.9 Å². The molecule has 0 aliphatic carbocycles. The van der Waals surface area contributed by atoms with Crippen LogP contribution in [0.4, 0.5) is 35.0 Å². The monoisotopic (exact) mass is 385 g/mol. The number of rotatable bonds is 2. The summed E-state index contributed by atoms with van der Waals surface area (Å²) in [5.41, 5.74) is 5.90. The van der Waals surface area contributed by atoms with Crippen LogP contribution in [0, 0.1) is 0 Å². The van der Waals surface area contributed by atoms with E-state index in [-0.39, 0.29) is 12.1 Å². The molecule has 5 nitrogen and oxygen atoms in total. The average Bonchev–Trinajstić information content (AvgIpc) is 2.55. The summed E-state index contributed by atoms with van der Waals surface area (Å²) >= 11 is 5.65. The van der Waals surface area contributed by atoms with Gasteiger partial charge in [0, 0.05) is 24.2 Å². The molecule has 9 heteroatoms. The lowest BCUT2D eigenvalue weighted by Gasteiger charge is -2.29. The number of fused-ring (bicyclic) bond motifs is 1. The second-order valence-corrected chi connectivity index (χ2v) is 6.28. The Kier molecular flexibility index (Phi) is 4.72. The van der Waals surface area contributed by atoms with Crippen LogP contribution in [0.2, 0.25) is 5.02 Å². The summed E-state index contributed by atoms with van der Waals surface area (Å²) in [5.74, 6) is 0. The van der Waals surface area contributed by atoms with Gasteiger partial charge in [-0.2, -0.15) is 13.2 Å². The molecule has 0 fully saturated rings. The maximum atomic E-state index is 13.2. The van der Waals surface area contributed by atoms with Gasteiger partial charge in [0.2, 0.25) is 0 Å². The Morgan fingerprint density at radius 1 is 1.31 bits per heavy atom. The molecule has 138 valence electrons. The predicted molar refractivity (Wildman–Crippen MR) is 92.8 cm³/mol. The SMILES string of the molecule is NC(=O)N(c1ccc(Cl)c(C(F)(F)F)c1)c1cccc2c1CC(O)CN2. The minimum absolute atomic E-state index is 0.0670. The van der Waals surface area contributed by atoms with E-state index in [1.807, 2.05) is 0 Å². The standard InChI is InChI=1S/C17H15ClF3N3O2/c18-13-5-4-9(6-12(13)17(19,20)21)24(16(22)26)15-3-1-2-14-11(15)7-10(25)8-23-14/h1-6,10,23,25H,7-8H2,(H2,22,26). The highest BCUT2D eigenvalue weighted by atomic mass is 35.5.